The Kier molecular flexibility index (Phi) is 8.35. The fourth-order valence-corrected chi connectivity index (χ4v) is 15.6. The van der Waals surface area contributed by atoms with Crippen LogP contribution in [0.1, 0.15) is 93.7 Å². The maximum absolute atomic E-state index is 9.59. The fraction of sp³-hybridized carbons (Fsp3) is 0.333. The number of rotatable bonds is 7. The van der Waals surface area contributed by atoms with Crippen molar-refractivity contribution in [3.05, 3.63) is 150 Å². The minimum Gasteiger partial charge on any atom is -0.456 e. The average Bonchev–Trinajstić information content (AvgIpc) is 3.71. The molecule has 8 bridgehead atoms. The number of furan rings is 1. The molecule has 6 aromatic carbocycles. The number of nitrogens with zero attached hydrogens (tertiary/aromatic N) is 4. The van der Waals surface area contributed by atoms with E-state index in [0.29, 0.717) is 39.4 Å². The van der Waals surface area contributed by atoms with Crippen molar-refractivity contribution < 1.29 is 4.42 Å². The van der Waals surface area contributed by atoms with Crippen molar-refractivity contribution >= 4 is 21.9 Å². The summed E-state index contributed by atoms with van der Waals surface area (Å²) in [6, 6.07) is 50.4. The fourth-order valence-electron chi connectivity index (χ4n) is 15.6. The van der Waals surface area contributed by atoms with Gasteiger partial charge in [0.1, 0.15) is 11.2 Å². The van der Waals surface area contributed by atoms with Crippen LogP contribution < -0.4 is 0 Å². The Bertz CT molecular complexity index is 3170. The molecule has 0 amide bonds. The van der Waals surface area contributed by atoms with Crippen LogP contribution in [-0.4, -0.2) is 15.0 Å². The van der Waals surface area contributed by atoms with E-state index in [1.54, 1.807) is 5.56 Å². The normalized spacial score (nSPS) is 28.3. The molecule has 8 aliphatic rings. The van der Waals surface area contributed by atoms with Crippen LogP contribution in [0.25, 0.3) is 78.4 Å². The van der Waals surface area contributed by atoms with Gasteiger partial charge in [0.25, 0.3) is 0 Å². The number of hydrogen-bond donors (Lipinski definition) is 0. The first kappa shape index (κ1) is 37.9. The summed E-state index contributed by atoms with van der Waals surface area (Å²) < 4.78 is 6.30. The van der Waals surface area contributed by atoms with Crippen LogP contribution in [0.4, 0.5) is 0 Å². The Hall–Kier alpha value is -6.38. The highest BCUT2D eigenvalue weighted by Gasteiger charge is 2.52. The van der Waals surface area contributed by atoms with Crippen LogP contribution in [0, 0.1) is 46.8 Å². The van der Waals surface area contributed by atoms with Gasteiger partial charge in [-0.25, -0.2) is 15.0 Å². The molecule has 8 fully saturated rings. The lowest BCUT2D eigenvalue weighted by Gasteiger charge is -2.57. The highest BCUT2D eigenvalue weighted by Crippen LogP contribution is 2.62. The molecule has 0 unspecified atom stereocenters. The quantitative estimate of drug-likeness (QED) is 0.160. The first-order valence-corrected chi connectivity index (χ1v) is 24.5. The molecule has 16 rings (SSSR count). The highest BCUT2D eigenvalue weighted by atomic mass is 16.3. The summed E-state index contributed by atoms with van der Waals surface area (Å²) in [5.74, 6) is 7.46. The summed E-state index contributed by atoms with van der Waals surface area (Å²) in [6.07, 6.45) is 16.8. The number of nitriles is 1. The van der Waals surface area contributed by atoms with E-state index in [4.69, 9.17) is 19.4 Å². The van der Waals surface area contributed by atoms with E-state index in [1.807, 2.05) is 30.3 Å². The molecule has 0 saturated heterocycles. The van der Waals surface area contributed by atoms with Gasteiger partial charge >= 0.3 is 0 Å². The third kappa shape index (κ3) is 6.20. The molecule has 0 spiro atoms. The summed E-state index contributed by atoms with van der Waals surface area (Å²) in [4.78, 5) is 16.0. The zero-order valence-corrected chi connectivity index (χ0v) is 36.8. The van der Waals surface area contributed by atoms with Gasteiger partial charge in [-0.05, 0) is 187 Å². The maximum atomic E-state index is 9.59. The number of benzene rings is 6. The number of aromatic nitrogens is 3. The van der Waals surface area contributed by atoms with Crippen molar-refractivity contribution in [1.82, 2.24) is 15.0 Å². The van der Waals surface area contributed by atoms with Gasteiger partial charge in [-0.1, -0.05) is 103 Å². The zero-order chi connectivity index (χ0) is 42.9. The molecule has 5 nitrogen and oxygen atoms in total. The predicted octanol–water partition coefficient (Wildman–Crippen LogP) is 14.9. The van der Waals surface area contributed by atoms with Crippen LogP contribution in [0.3, 0.4) is 0 Å². The summed E-state index contributed by atoms with van der Waals surface area (Å²) in [5, 5.41) is 11.6. The van der Waals surface area contributed by atoms with Gasteiger partial charge in [-0.15, -0.1) is 0 Å². The lowest BCUT2D eigenvalue weighted by molar-refractivity contribution is -0.00530. The first-order chi connectivity index (χ1) is 31.9. The molecule has 8 aliphatic carbocycles. The molecular weight excluding hydrogens is 793 g/mol. The monoisotopic (exact) mass is 844 g/mol. The predicted molar refractivity (Wildman–Crippen MR) is 259 cm³/mol. The second kappa shape index (κ2) is 14.3. The van der Waals surface area contributed by atoms with Gasteiger partial charge in [-0.2, -0.15) is 5.26 Å². The van der Waals surface area contributed by atoms with E-state index in [9.17, 15) is 5.26 Å². The van der Waals surface area contributed by atoms with E-state index in [1.165, 1.54) is 88.2 Å². The molecule has 0 radical (unpaired) electrons. The van der Waals surface area contributed by atoms with Crippen LogP contribution in [0.15, 0.2) is 138 Å². The summed E-state index contributed by atoms with van der Waals surface area (Å²) in [7, 11) is 0. The highest BCUT2D eigenvalue weighted by molar-refractivity contribution is 6.12. The molecule has 2 heterocycles. The Morgan fingerprint density at radius 1 is 0.431 bits per heavy atom. The first-order valence-electron chi connectivity index (χ1n) is 24.5. The van der Waals surface area contributed by atoms with Crippen LogP contribution in [0.2, 0.25) is 0 Å². The van der Waals surface area contributed by atoms with Crippen molar-refractivity contribution in [1.29, 1.82) is 5.26 Å². The van der Waals surface area contributed by atoms with Gasteiger partial charge in [-0.3, -0.25) is 0 Å². The molecule has 8 saturated carbocycles. The lowest BCUT2D eigenvalue weighted by Crippen LogP contribution is -2.48. The second-order valence-corrected chi connectivity index (χ2v) is 21.6. The molecule has 0 N–H and O–H groups in total. The van der Waals surface area contributed by atoms with Gasteiger partial charge in [0, 0.05) is 27.5 Å². The molecule has 0 atom stereocenters. The second-order valence-electron chi connectivity index (χ2n) is 21.6. The Morgan fingerprint density at radius 2 is 0.938 bits per heavy atom. The van der Waals surface area contributed by atoms with Crippen LogP contribution in [0.5, 0.6) is 0 Å². The van der Waals surface area contributed by atoms with Gasteiger partial charge < -0.3 is 4.42 Å². The molecule has 318 valence electrons. The van der Waals surface area contributed by atoms with E-state index in [-0.39, 0.29) is 0 Å². The summed E-state index contributed by atoms with van der Waals surface area (Å²) >= 11 is 0. The van der Waals surface area contributed by atoms with Crippen molar-refractivity contribution in [3.63, 3.8) is 0 Å². The average molecular weight is 845 g/mol. The van der Waals surface area contributed by atoms with Crippen molar-refractivity contribution in [3.8, 4) is 62.5 Å². The van der Waals surface area contributed by atoms with Gasteiger partial charge in [0.15, 0.2) is 17.5 Å². The Morgan fingerprint density at radius 3 is 1.54 bits per heavy atom. The molecule has 0 aliphatic heterocycles. The van der Waals surface area contributed by atoms with E-state index in [0.717, 1.165) is 85.2 Å². The Labute approximate surface area is 381 Å². The molecule has 8 aromatic rings. The zero-order valence-electron chi connectivity index (χ0n) is 36.8. The third-order valence-electron chi connectivity index (χ3n) is 17.5. The van der Waals surface area contributed by atoms with Crippen LogP contribution >= 0.6 is 0 Å². The summed E-state index contributed by atoms with van der Waals surface area (Å²) in [6.45, 7) is 0. The molecule has 5 heteroatoms. The maximum Gasteiger partial charge on any atom is 0.164 e. The standard InChI is InChI=1S/C60H52N4O/c61-35-36-11-20-52-54(27-36)65-53-10-4-9-50(55(52)53)45-5-3-6-46(28-45)57-62-56(44-14-18-48(19-15-44)60-32-40-24-41(33-60)26-42(25-40)34-60)63-58(64-57)51-8-2-1-7-49(51)43-12-16-47(17-13-43)59-29-37-21-38(30-59)23-39(22-37)31-59/h1-20,27-28,37-42H,21-26,29-34H2. The van der Waals surface area contributed by atoms with E-state index in [2.05, 4.69) is 109 Å². The molecule has 65 heavy (non-hydrogen) atoms. The largest absolute Gasteiger partial charge is 0.456 e. The topological polar surface area (TPSA) is 75.6 Å². The van der Waals surface area contributed by atoms with Gasteiger partial charge in [0.2, 0.25) is 0 Å². The van der Waals surface area contributed by atoms with Crippen LogP contribution in [-0.2, 0) is 10.8 Å². The minimum absolute atomic E-state index is 0.328. The third-order valence-corrected chi connectivity index (χ3v) is 17.5. The lowest BCUT2D eigenvalue weighted by atomic mass is 9.48. The van der Waals surface area contributed by atoms with Crippen molar-refractivity contribution in [2.75, 3.05) is 0 Å². The minimum atomic E-state index is 0.328. The number of fused-ring (bicyclic) bond motifs is 3. The number of hydrogen-bond acceptors (Lipinski definition) is 5. The van der Waals surface area contributed by atoms with Crippen molar-refractivity contribution in [2.24, 2.45) is 35.5 Å². The Balaban J connectivity index is 0.874. The molecular formula is C60H52N4O. The summed E-state index contributed by atoms with van der Waals surface area (Å²) in [5.41, 5.74) is 13.2. The van der Waals surface area contributed by atoms with Gasteiger partial charge in [0.05, 0.1) is 11.6 Å². The van der Waals surface area contributed by atoms with E-state index < -0.39 is 0 Å². The SMILES string of the molecule is N#Cc1ccc2c(c1)oc1cccc(-c3cccc(-c4nc(-c5ccc(C67CC8CC(CC(C8)C6)C7)cc5)nc(-c5ccccc5-c5ccc(C67CC8CC(CC(C8)C6)C7)cc5)n4)c3)c12. The van der Waals surface area contributed by atoms with Crippen molar-refractivity contribution in [2.45, 2.75) is 87.9 Å². The smallest absolute Gasteiger partial charge is 0.164 e. The van der Waals surface area contributed by atoms with E-state index >= 15 is 0 Å². The molecule has 2 aromatic heterocycles.